The van der Waals surface area contributed by atoms with Gasteiger partial charge in [0.1, 0.15) is 6.04 Å². The summed E-state index contributed by atoms with van der Waals surface area (Å²) in [6, 6.07) is -0.716. The highest BCUT2D eigenvalue weighted by Crippen LogP contribution is 1.96. The van der Waals surface area contributed by atoms with Crippen molar-refractivity contribution in [2.24, 2.45) is 11.5 Å². The van der Waals surface area contributed by atoms with Gasteiger partial charge >= 0.3 is 5.97 Å². The van der Waals surface area contributed by atoms with Crippen LogP contribution in [0.1, 0.15) is 19.3 Å². The number of hydrogen-bond acceptors (Lipinski definition) is 4. The van der Waals surface area contributed by atoms with Gasteiger partial charge in [-0.3, -0.25) is 9.59 Å². The van der Waals surface area contributed by atoms with Gasteiger partial charge in [-0.05, 0) is 19.4 Å². The molecule has 0 aliphatic heterocycles. The van der Waals surface area contributed by atoms with Crippen LogP contribution in [0.3, 0.4) is 0 Å². The van der Waals surface area contributed by atoms with Crippen molar-refractivity contribution in [3.05, 3.63) is 0 Å². The molecule has 1 atom stereocenters. The Kier molecular flexibility index (Phi) is 14.3. The largest absolute Gasteiger partial charge is 0.480 e. The smallest absolute Gasteiger partial charge is 0.320 e. The number of ketones is 1. The first kappa shape index (κ1) is 18.0. The van der Waals surface area contributed by atoms with E-state index in [4.69, 9.17) is 39.8 Å². The molecule has 0 fully saturated rings. The third-order valence-electron chi connectivity index (χ3n) is 1.58. The third-order valence-corrected chi connectivity index (χ3v) is 2.18. The van der Waals surface area contributed by atoms with Gasteiger partial charge in [0.25, 0.3) is 0 Å². The molecule has 96 valence electrons. The van der Waals surface area contributed by atoms with E-state index in [1.54, 1.807) is 0 Å². The summed E-state index contributed by atoms with van der Waals surface area (Å²) in [7, 11) is 0. The quantitative estimate of drug-likeness (QED) is 0.464. The van der Waals surface area contributed by atoms with Gasteiger partial charge in [-0.2, -0.15) is 0 Å². The minimum absolute atomic E-state index is 0.0312. The highest BCUT2D eigenvalue weighted by molar-refractivity contribution is 6.35. The summed E-state index contributed by atoms with van der Waals surface area (Å²) < 4.78 is 0. The lowest BCUT2D eigenvalue weighted by Crippen LogP contribution is -2.29. The van der Waals surface area contributed by atoms with E-state index < -0.39 is 12.0 Å². The SMILES string of the molecule is NCCCC[C@H](N)C(=O)O.O=C(CCl)CCl. The van der Waals surface area contributed by atoms with E-state index in [0.717, 1.165) is 12.8 Å². The molecule has 0 amide bonds. The van der Waals surface area contributed by atoms with Crippen LogP contribution in [0.15, 0.2) is 0 Å². The van der Waals surface area contributed by atoms with Gasteiger partial charge in [-0.15, -0.1) is 23.2 Å². The van der Waals surface area contributed by atoms with Crippen molar-refractivity contribution >= 4 is 35.0 Å². The molecule has 0 aliphatic carbocycles. The molecule has 0 unspecified atom stereocenters. The van der Waals surface area contributed by atoms with Crippen molar-refractivity contribution in [2.45, 2.75) is 25.3 Å². The van der Waals surface area contributed by atoms with Crippen LogP contribution >= 0.6 is 23.2 Å². The zero-order chi connectivity index (χ0) is 13.0. The second-order valence-corrected chi connectivity index (χ2v) is 3.57. The molecule has 0 rings (SSSR count). The number of unbranched alkanes of at least 4 members (excludes halogenated alkanes) is 1. The van der Waals surface area contributed by atoms with Crippen LogP contribution in [0.2, 0.25) is 0 Å². The van der Waals surface area contributed by atoms with Crippen LogP contribution in [0, 0.1) is 0 Å². The zero-order valence-electron chi connectivity index (χ0n) is 8.99. The van der Waals surface area contributed by atoms with Gasteiger partial charge in [-0.1, -0.05) is 6.42 Å². The fraction of sp³-hybridized carbons (Fsp3) is 0.778. The molecule has 0 aromatic rings. The van der Waals surface area contributed by atoms with Gasteiger partial charge in [-0.25, -0.2) is 0 Å². The predicted molar refractivity (Wildman–Crippen MR) is 65.0 cm³/mol. The first-order valence-electron chi connectivity index (χ1n) is 4.81. The lowest BCUT2D eigenvalue weighted by atomic mass is 10.1. The van der Waals surface area contributed by atoms with Crippen molar-refractivity contribution in [3.63, 3.8) is 0 Å². The number of nitrogens with two attached hydrogens (primary N) is 2. The molecular weight excluding hydrogens is 255 g/mol. The van der Waals surface area contributed by atoms with Crippen molar-refractivity contribution in [1.29, 1.82) is 0 Å². The van der Waals surface area contributed by atoms with Gasteiger partial charge in [0, 0.05) is 0 Å². The number of carboxylic acids is 1. The normalized spacial score (nSPS) is 11.2. The molecule has 0 aliphatic rings. The Balaban J connectivity index is 0. The summed E-state index contributed by atoms with van der Waals surface area (Å²) in [6.45, 7) is 0.604. The number of alkyl halides is 2. The molecule has 5 N–H and O–H groups in total. The lowest BCUT2D eigenvalue weighted by Gasteiger charge is -2.03. The highest BCUT2D eigenvalue weighted by Gasteiger charge is 2.09. The highest BCUT2D eigenvalue weighted by atomic mass is 35.5. The fourth-order valence-corrected chi connectivity index (χ4v) is 0.953. The van der Waals surface area contributed by atoms with Gasteiger partial charge in [0.15, 0.2) is 5.78 Å². The Morgan fingerprint density at radius 3 is 1.94 bits per heavy atom. The van der Waals surface area contributed by atoms with E-state index in [-0.39, 0.29) is 17.5 Å². The van der Waals surface area contributed by atoms with Crippen molar-refractivity contribution in [2.75, 3.05) is 18.3 Å². The fourth-order valence-electron chi connectivity index (χ4n) is 0.668. The number of carbonyl (C=O) groups is 2. The van der Waals surface area contributed by atoms with Gasteiger partial charge < -0.3 is 16.6 Å². The molecule has 7 heteroatoms. The summed E-state index contributed by atoms with van der Waals surface area (Å²) in [5, 5.41) is 8.33. The van der Waals surface area contributed by atoms with Gasteiger partial charge in [0.05, 0.1) is 11.8 Å². The molecule has 0 saturated heterocycles. The van der Waals surface area contributed by atoms with E-state index in [9.17, 15) is 9.59 Å². The summed E-state index contributed by atoms with van der Waals surface area (Å²) in [5.41, 5.74) is 10.4. The van der Waals surface area contributed by atoms with Crippen LogP contribution in [0.25, 0.3) is 0 Å². The monoisotopic (exact) mass is 272 g/mol. The van der Waals surface area contributed by atoms with Crippen molar-refractivity contribution < 1.29 is 14.7 Å². The molecular formula is C9H18Cl2N2O3. The number of Topliss-reactive ketones (excluding diaryl/α,β-unsaturated/α-hetero) is 1. The molecule has 0 spiro atoms. The Morgan fingerprint density at radius 1 is 1.19 bits per heavy atom. The van der Waals surface area contributed by atoms with Crippen LogP contribution < -0.4 is 11.5 Å². The van der Waals surface area contributed by atoms with Crippen molar-refractivity contribution in [1.82, 2.24) is 0 Å². The minimum Gasteiger partial charge on any atom is -0.480 e. The number of carboxylic acid groups (broad SMARTS) is 1. The van der Waals surface area contributed by atoms with E-state index in [1.165, 1.54) is 0 Å². The molecule has 0 heterocycles. The van der Waals surface area contributed by atoms with Crippen molar-refractivity contribution in [3.8, 4) is 0 Å². The summed E-state index contributed by atoms with van der Waals surface area (Å²) in [6.07, 6.45) is 2.16. The molecule has 5 nitrogen and oxygen atoms in total. The van der Waals surface area contributed by atoms with Crippen LogP contribution in [0.4, 0.5) is 0 Å². The standard InChI is InChI=1S/C6H14N2O2.C3H4Cl2O/c7-4-2-1-3-5(8)6(9)10;4-1-3(6)2-5/h5H,1-4,7-8H2,(H,9,10);1-2H2/t5-;/m0./s1. The lowest BCUT2D eigenvalue weighted by molar-refractivity contribution is -0.138. The summed E-state index contributed by atoms with van der Waals surface area (Å²) in [4.78, 5) is 20.1. The third kappa shape index (κ3) is 13.6. The second kappa shape index (κ2) is 12.7. The van der Waals surface area contributed by atoms with E-state index >= 15 is 0 Å². The van der Waals surface area contributed by atoms with Gasteiger partial charge in [0.2, 0.25) is 0 Å². The Morgan fingerprint density at radius 2 is 1.69 bits per heavy atom. The topological polar surface area (TPSA) is 106 Å². The number of halogens is 2. The summed E-state index contributed by atoms with van der Waals surface area (Å²) in [5.74, 6) is -0.997. The molecule has 0 bridgehead atoms. The average molecular weight is 273 g/mol. The molecule has 0 aromatic heterocycles. The maximum atomic E-state index is 10.1. The first-order chi connectivity index (χ1) is 7.49. The second-order valence-electron chi connectivity index (χ2n) is 3.04. The minimum atomic E-state index is -0.933. The maximum absolute atomic E-state index is 10.1. The average Bonchev–Trinajstić information content (AvgIpc) is 2.28. The Labute approximate surface area is 105 Å². The molecule has 0 saturated carbocycles. The first-order valence-corrected chi connectivity index (χ1v) is 5.88. The van der Waals surface area contributed by atoms with E-state index in [0.29, 0.717) is 13.0 Å². The zero-order valence-corrected chi connectivity index (χ0v) is 10.5. The Hall–Kier alpha value is -0.360. The summed E-state index contributed by atoms with van der Waals surface area (Å²) >= 11 is 10.0. The van der Waals surface area contributed by atoms with E-state index in [2.05, 4.69) is 0 Å². The van der Waals surface area contributed by atoms with Crippen LogP contribution in [0.5, 0.6) is 0 Å². The van der Waals surface area contributed by atoms with Crippen LogP contribution in [-0.2, 0) is 9.59 Å². The number of aliphatic carboxylic acids is 1. The number of rotatable bonds is 7. The Bertz CT molecular complexity index is 197. The van der Waals surface area contributed by atoms with E-state index in [1.807, 2.05) is 0 Å². The molecule has 0 aromatic carbocycles. The molecule has 16 heavy (non-hydrogen) atoms. The maximum Gasteiger partial charge on any atom is 0.320 e. The predicted octanol–water partition coefficient (Wildman–Crippen LogP) is 0.560. The number of hydrogen-bond donors (Lipinski definition) is 3. The van der Waals surface area contributed by atoms with Crippen LogP contribution in [-0.4, -0.2) is 41.2 Å². The molecule has 0 radical (unpaired) electrons. The number of carbonyl (C=O) groups excluding carboxylic acids is 1.